The first-order valence-corrected chi connectivity index (χ1v) is 9.75. The van der Waals surface area contributed by atoms with Crippen LogP contribution in [0, 0.1) is 0 Å². The van der Waals surface area contributed by atoms with Gasteiger partial charge >= 0.3 is 0 Å². The summed E-state index contributed by atoms with van der Waals surface area (Å²) in [4.78, 5) is 2.31. The van der Waals surface area contributed by atoms with Gasteiger partial charge in [-0.3, -0.25) is 0 Å². The van der Waals surface area contributed by atoms with Crippen LogP contribution < -0.4 is 0 Å². The quantitative estimate of drug-likeness (QED) is 0.311. The molecule has 0 aromatic rings. The smallest absolute Gasteiger partial charge is 0.0642 e. The number of rotatable bonds is 13. The average molecular weight is 320 g/mol. The van der Waals surface area contributed by atoms with Crippen LogP contribution in [0.5, 0.6) is 0 Å². The maximum absolute atomic E-state index is 5.32. The second-order valence-corrected chi connectivity index (χ2v) is 6.42. The lowest BCUT2D eigenvalue weighted by Gasteiger charge is -2.24. The Morgan fingerprint density at radius 2 is 1.35 bits per heavy atom. The Morgan fingerprint density at radius 1 is 0.739 bits per heavy atom. The third-order valence-electron chi connectivity index (χ3n) is 4.29. The number of unbranched alkanes of at least 4 members (excludes halogenated alkanes) is 9. The molecule has 132 valence electrons. The fraction of sp³-hybridized carbons (Fsp3) is 0.714. The average Bonchev–Trinajstić information content (AvgIpc) is 2.59. The van der Waals surface area contributed by atoms with Crippen LogP contribution in [0.1, 0.15) is 71.1 Å². The zero-order valence-electron chi connectivity index (χ0n) is 15.2. The molecule has 1 saturated heterocycles. The number of morpholine rings is 1. The molecular weight excluding hydrogens is 282 g/mol. The summed E-state index contributed by atoms with van der Waals surface area (Å²) in [6.45, 7) is 6.01. The molecule has 2 nitrogen and oxygen atoms in total. The Hall–Kier alpha value is -1.02. The molecule has 0 N–H and O–H groups in total. The number of nitrogens with zero attached hydrogens (tertiary/aromatic N) is 1. The fourth-order valence-corrected chi connectivity index (χ4v) is 2.77. The van der Waals surface area contributed by atoms with E-state index in [0.717, 1.165) is 26.3 Å². The van der Waals surface area contributed by atoms with E-state index in [1.165, 1.54) is 64.2 Å². The van der Waals surface area contributed by atoms with Gasteiger partial charge in [-0.2, -0.15) is 0 Å². The summed E-state index contributed by atoms with van der Waals surface area (Å²) in [6.07, 6.45) is 26.9. The first-order chi connectivity index (χ1) is 11.4. The van der Waals surface area contributed by atoms with E-state index in [0.29, 0.717) is 0 Å². The largest absolute Gasteiger partial charge is 0.378 e. The van der Waals surface area contributed by atoms with Crippen molar-refractivity contribution in [3.63, 3.8) is 0 Å². The SMILES string of the molecule is CCCCCCCCCCCC=CC=CC=CN1CCOCC1. The molecule has 23 heavy (non-hydrogen) atoms. The minimum Gasteiger partial charge on any atom is -0.378 e. The maximum atomic E-state index is 5.32. The molecule has 0 aromatic heterocycles. The van der Waals surface area contributed by atoms with E-state index >= 15 is 0 Å². The highest BCUT2D eigenvalue weighted by Crippen LogP contribution is 2.10. The summed E-state index contributed by atoms with van der Waals surface area (Å²) in [5, 5.41) is 0. The Morgan fingerprint density at radius 3 is 2.04 bits per heavy atom. The molecule has 1 aliphatic heterocycles. The highest BCUT2D eigenvalue weighted by molar-refractivity contribution is 5.10. The van der Waals surface area contributed by atoms with Crippen LogP contribution in [-0.4, -0.2) is 31.2 Å². The molecule has 1 aliphatic rings. The highest BCUT2D eigenvalue weighted by Gasteiger charge is 2.03. The van der Waals surface area contributed by atoms with Gasteiger partial charge in [-0.05, 0) is 25.1 Å². The van der Waals surface area contributed by atoms with Gasteiger partial charge in [-0.25, -0.2) is 0 Å². The number of allylic oxidation sites excluding steroid dienone is 5. The summed E-state index contributed by atoms with van der Waals surface area (Å²) in [5.41, 5.74) is 0. The molecule has 0 atom stereocenters. The van der Waals surface area contributed by atoms with E-state index in [2.05, 4.69) is 48.4 Å². The molecule has 0 aliphatic carbocycles. The van der Waals surface area contributed by atoms with Crippen molar-refractivity contribution in [3.8, 4) is 0 Å². The minimum atomic E-state index is 0.854. The van der Waals surface area contributed by atoms with Crippen LogP contribution in [0.25, 0.3) is 0 Å². The molecule has 1 rings (SSSR count). The predicted molar refractivity (Wildman–Crippen MR) is 102 cm³/mol. The Labute approximate surface area is 144 Å². The molecule has 1 fully saturated rings. The van der Waals surface area contributed by atoms with Crippen LogP contribution in [0.2, 0.25) is 0 Å². The summed E-state index contributed by atoms with van der Waals surface area (Å²) in [5.74, 6) is 0. The van der Waals surface area contributed by atoms with E-state index in [9.17, 15) is 0 Å². The van der Waals surface area contributed by atoms with Gasteiger partial charge in [-0.1, -0.05) is 82.6 Å². The molecule has 0 spiro atoms. The van der Waals surface area contributed by atoms with Crippen molar-refractivity contribution in [2.75, 3.05) is 26.3 Å². The van der Waals surface area contributed by atoms with Gasteiger partial charge in [-0.15, -0.1) is 0 Å². The first-order valence-electron chi connectivity index (χ1n) is 9.75. The van der Waals surface area contributed by atoms with E-state index in [1.54, 1.807) is 0 Å². The zero-order chi connectivity index (χ0) is 16.4. The zero-order valence-corrected chi connectivity index (χ0v) is 15.2. The third kappa shape index (κ3) is 13.1. The van der Waals surface area contributed by atoms with Crippen molar-refractivity contribution < 1.29 is 4.74 Å². The van der Waals surface area contributed by atoms with Crippen molar-refractivity contribution in [1.82, 2.24) is 4.90 Å². The van der Waals surface area contributed by atoms with E-state index in [1.807, 2.05) is 0 Å². The molecule has 0 amide bonds. The van der Waals surface area contributed by atoms with Crippen LogP contribution in [0.15, 0.2) is 36.6 Å². The van der Waals surface area contributed by atoms with E-state index < -0.39 is 0 Å². The Bertz CT molecular complexity index is 327. The van der Waals surface area contributed by atoms with E-state index in [4.69, 9.17) is 4.74 Å². The molecular formula is C21H37NO. The van der Waals surface area contributed by atoms with E-state index in [-0.39, 0.29) is 0 Å². The van der Waals surface area contributed by atoms with Crippen molar-refractivity contribution in [1.29, 1.82) is 0 Å². The number of ether oxygens (including phenoxy) is 1. The predicted octanol–water partition coefficient (Wildman–Crippen LogP) is 5.87. The molecule has 0 bridgehead atoms. The third-order valence-corrected chi connectivity index (χ3v) is 4.29. The highest BCUT2D eigenvalue weighted by atomic mass is 16.5. The molecule has 0 unspecified atom stereocenters. The summed E-state index contributed by atoms with van der Waals surface area (Å²) in [7, 11) is 0. The lowest BCUT2D eigenvalue weighted by Crippen LogP contribution is -2.31. The van der Waals surface area contributed by atoms with Crippen molar-refractivity contribution >= 4 is 0 Å². The second kappa shape index (κ2) is 15.9. The van der Waals surface area contributed by atoms with Crippen LogP contribution in [0.3, 0.4) is 0 Å². The lowest BCUT2D eigenvalue weighted by molar-refractivity contribution is 0.0594. The lowest BCUT2D eigenvalue weighted by atomic mass is 10.1. The van der Waals surface area contributed by atoms with Crippen LogP contribution in [-0.2, 0) is 4.74 Å². The fourth-order valence-electron chi connectivity index (χ4n) is 2.77. The first kappa shape index (κ1) is 20.0. The molecule has 1 heterocycles. The molecule has 0 radical (unpaired) electrons. The molecule has 0 aromatic carbocycles. The van der Waals surface area contributed by atoms with Gasteiger partial charge in [0.2, 0.25) is 0 Å². The Balaban J connectivity index is 1.86. The minimum absolute atomic E-state index is 0.854. The van der Waals surface area contributed by atoms with Gasteiger partial charge in [0.15, 0.2) is 0 Å². The maximum Gasteiger partial charge on any atom is 0.0642 e. The van der Waals surface area contributed by atoms with Crippen molar-refractivity contribution in [2.45, 2.75) is 71.1 Å². The topological polar surface area (TPSA) is 12.5 Å². The van der Waals surface area contributed by atoms with Crippen LogP contribution >= 0.6 is 0 Å². The molecule has 2 heteroatoms. The van der Waals surface area contributed by atoms with Gasteiger partial charge in [0, 0.05) is 13.1 Å². The van der Waals surface area contributed by atoms with Crippen molar-refractivity contribution in [2.24, 2.45) is 0 Å². The standard InChI is InChI=1S/C21H37NO/c1-2-3-4-5-6-7-8-9-10-11-12-13-14-15-16-17-22-18-20-23-21-19-22/h12-17H,2-11,18-21H2,1H3. The summed E-state index contributed by atoms with van der Waals surface area (Å²) < 4.78 is 5.32. The van der Waals surface area contributed by atoms with Gasteiger partial charge in [0.05, 0.1) is 13.2 Å². The second-order valence-electron chi connectivity index (χ2n) is 6.42. The number of hydrogen-bond donors (Lipinski definition) is 0. The molecule has 0 saturated carbocycles. The monoisotopic (exact) mass is 319 g/mol. The normalized spacial score (nSPS) is 16.3. The number of hydrogen-bond acceptors (Lipinski definition) is 2. The van der Waals surface area contributed by atoms with Crippen LogP contribution in [0.4, 0.5) is 0 Å². The van der Waals surface area contributed by atoms with Gasteiger partial charge in [0.1, 0.15) is 0 Å². The van der Waals surface area contributed by atoms with Crippen molar-refractivity contribution in [3.05, 3.63) is 36.6 Å². The summed E-state index contributed by atoms with van der Waals surface area (Å²) in [6, 6.07) is 0. The summed E-state index contributed by atoms with van der Waals surface area (Å²) >= 11 is 0. The Kier molecular flexibility index (Phi) is 13.8. The van der Waals surface area contributed by atoms with Gasteiger partial charge in [0.25, 0.3) is 0 Å². The van der Waals surface area contributed by atoms with Gasteiger partial charge < -0.3 is 9.64 Å².